The minimum atomic E-state index is -2.87. The van der Waals surface area contributed by atoms with E-state index in [-0.39, 0.29) is 17.0 Å². The van der Waals surface area contributed by atoms with Crippen molar-refractivity contribution in [1.82, 2.24) is 0 Å². The van der Waals surface area contributed by atoms with Crippen molar-refractivity contribution in [3.05, 3.63) is 119 Å². The maximum atomic E-state index is 2.36. The Morgan fingerprint density at radius 1 is 0.333 bits per heavy atom. The van der Waals surface area contributed by atoms with E-state index >= 15 is 0 Å². The van der Waals surface area contributed by atoms with E-state index in [4.69, 9.17) is 0 Å². The summed E-state index contributed by atoms with van der Waals surface area (Å²) in [6.07, 6.45) is 0. The standard InChI is InChI=1S/C28H28As.BrH/c1-21-5-13-25(14-6-21)29(26-15-7-22(2)8-16-26,27-17-9-23(3)10-18-27)28-19-11-24(4)12-20-28;/h5-20H,1-4H3;1H/q+1;/p-1. The fourth-order valence-electron chi connectivity index (χ4n) is 3.97. The van der Waals surface area contributed by atoms with Gasteiger partial charge in [0.2, 0.25) is 0 Å². The molecule has 0 unspecified atom stereocenters. The predicted octanol–water partition coefficient (Wildman–Crippen LogP) is 1.30. The zero-order valence-electron chi connectivity index (χ0n) is 18.1. The molecule has 0 heterocycles. The Balaban J connectivity index is 0.00000256. The van der Waals surface area contributed by atoms with Crippen LogP contribution in [0.1, 0.15) is 22.3 Å². The van der Waals surface area contributed by atoms with Crippen LogP contribution in [0.5, 0.6) is 0 Å². The second kappa shape index (κ2) is 9.38. The molecule has 0 bridgehead atoms. The van der Waals surface area contributed by atoms with E-state index in [2.05, 4.69) is 125 Å². The van der Waals surface area contributed by atoms with Crippen molar-refractivity contribution in [3.63, 3.8) is 0 Å². The van der Waals surface area contributed by atoms with Gasteiger partial charge in [-0.2, -0.15) is 0 Å². The molecule has 0 amide bonds. The number of hydrogen-bond donors (Lipinski definition) is 0. The number of aryl methyl sites for hydroxylation is 4. The van der Waals surface area contributed by atoms with Crippen LogP contribution in [0.25, 0.3) is 0 Å². The van der Waals surface area contributed by atoms with Crippen LogP contribution in [-0.2, 0) is 0 Å². The second-order valence-electron chi connectivity index (χ2n) is 8.01. The molecule has 0 aliphatic heterocycles. The molecule has 2 heteroatoms. The summed E-state index contributed by atoms with van der Waals surface area (Å²) in [6, 6.07) is 37.0. The Morgan fingerprint density at radius 2 is 0.500 bits per heavy atom. The molecule has 0 aliphatic carbocycles. The van der Waals surface area contributed by atoms with Gasteiger partial charge in [-0.15, -0.1) is 0 Å². The Bertz CT molecular complexity index is 906. The summed E-state index contributed by atoms with van der Waals surface area (Å²) in [5, 5.41) is 0. The minimum Gasteiger partial charge on any atom is -1.00 e. The first-order chi connectivity index (χ1) is 14.0. The monoisotopic (exact) mass is 518 g/mol. The summed E-state index contributed by atoms with van der Waals surface area (Å²) in [4.78, 5) is 0. The van der Waals surface area contributed by atoms with Gasteiger partial charge in [0.15, 0.2) is 0 Å². The molecule has 0 saturated heterocycles. The maximum absolute atomic E-state index is 2.87. The minimum absolute atomic E-state index is 0. The molecule has 4 aromatic rings. The Morgan fingerprint density at radius 3 is 0.667 bits per heavy atom. The molecular weight excluding hydrogens is 491 g/mol. The average molecular weight is 519 g/mol. The van der Waals surface area contributed by atoms with E-state index in [1.165, 1.54) is 39.7 Å². The summed E-state index contributed by atoms with van der Waals surface area (Å²) in [6.45, 7) is 8.67. The quantitative estimate of drug-likeness (QED) is 0.357. The topological polar surface area (TPSA) is 0 Å². The van der Waals surface area contributed by atoms with Crippen molar-refractivity contribution in [2.45, 2.75) is 27.7 Å². The van der Waals surface area contributed by atoms with E-state index in [1.807, 2.05) is 0 Å². The largest absolute Gasteiger partial charge is 1.00 e. The first-order valence-corrected chi connectivity index (χ1v) is 13.9. The number of rotatable bonds is 4. The van der Waals surface area contributed by atoms with E-state index in [9.17, 15) is 0 Å². The van der Waals surface area contributed by atoms with Gasteiger partial charge in [-0.05, 0) is 0 Å². The van der Waals surface area contributed by atoms with Gasteiger partial charge in [0, 0.05) is 0 Å². The number of benzene rings is 4. The third-order valence-corrected chi connectivity index (χ3v) is 14.7. The zero-order chi connectivity index (χ0) is 20.4. The summed E-state index contributed by atoms with van der Waals surface area (Å²) in [5.74, 6) is 0. The normalized spacial score (nSPS) is 11.1. The SMILES string of the molecule is Cc1ccc([As+](c2ccc(C)cc2)(c2ccc(C)cc2)c2ccc(C)cc2)cc1.[Br-]. The van der Waals surface area contributed by atoms with Crippen molar-refractivity contribution in [1.29, 1.82) is 0 Å². The zero-order valence-corrected chi connectivity index (χ0v) is 21.5. The van der Waals surface area contributed by atoms with Gasteiger partial charge in [0.05, 0.1) is 0 Å². The van der Waals surface area contributed by atoms with E-state index in [0.717, 1.165) is 0 Å². The number of halogens is 1. The molecule has 0 aromatic heterocycles. The Kier molecular flexibility index (Phi) is 7.06. The van der Waals surface area contributed by atoms with Crippen molar-refractivity contribution in [3.8, 4) is 0 Å². The second-order valence-corrected chi connectivity index (χ2v) is 15.2. The molecule has 0 saturated carbocycles. The van der Waals surface area contributed by atoms with Crippen LogP contribution in [0.2, 0.25) is 0 Å². The third-order valence-electron chi connectivity index (χ3n) is 5.69. The van der Waals surface area contributed by atoms with Crippen LogP contribution in [-0.4, -0.2) is 13.6 Å². The first-order valence-electron chi connectivity index (χ1n) is 10.2. The molecular formula is C28H28AsBr. The third kappa shape index (κ3) is 4.20. The fraction of sp³-hybridized carbons (Fsp3) is 0.143. The molecule has 0 radical (unpaired) electrons. The van der Waals surface area contributed by atoms with E-state index < -0.39 is 13.6 Å². The van der Waals surface area contributed by atoms with Crippen LogP contribution >= 0.6 is 0 Å². The van der Waals surface area contributed by atoms with Gasteiger partial charge >= 0.3 is 178 Å². The van der Waals surface area contributed by atoms with Crippen LogP contribution in [0, 0.1) is 27.7 Å². The molecule has 152 valence electrons. The van der Waals surface area contributed by atoms with E-state index in [1.54, 1.807) is 0 Å². The molecule has 0 fully saturated rings. The molecule has 0 N–H and O–H groups in total. The fourth-order valence-corrected chi connectivity index (χ4v) is 12.7. The Hall–Kier alpha value is -2.08. The van der Waals surface area contributed by atoms with Crippen LogP contribution in [0.3, 0.4) is 0 Å². The van der Waals surface area contributed by atoms with Gasteiger partial charge in [0.25, 0.3) is 0 Å². The van der Waals surface area contributed by atoms with Crippen LogP contribution in [0.4, 0.5) is 0 Å². The van der Waals surface area contributed by atoms with Gasteiger partial charge in [0.1, 0.15) is 0 Å². The average Bonchev–Trinajstić information content (AvgIpc) is 2.73. The van der Waals surface area contributed by atoms with E-state index in [0.29, 0.717) is 0 Å². The van der Waals surface area contributed by atoms with Crippen molar-refractivity contribution < 1.29 is 17.0 Å². The molecule has 0 atom stereocenters. The van der Waals surface area contributed by atoms with Gasteiger partial charge in [-0.1, -0.05) is 0 Å². The maximum Gasteiger partial charge on any atom is -1.00 e. The predicted molar refractivity (Wildman–Crippen MR) is 129 cm³/mol. The van der Waals surface area contributed by atoms with Gasteiger partial charge in [-0.25, -0.2) is 0 Å². The van der Waals surface area contributed by atoms with Crippen molar-refractivity contribution >= 4 is 31.0 Å². The first kappa shape index (κ1) is 22.6. The van der Waals surface area contributed by atoms with Crippen LogP contribution < -0.4 is 34.4 Å². The van der Waals surface area contributed by atoms with Gasteiger partial charge < -0.3 is 17.0 Å². The van der Waals surface area contributed by atoms with Crippen molar-refractivity contribution in [2.75, 3.05) is 0 Å². The summed E-state index contributed by atoms with van der Waals surface area (Å²) < 4.78 is 5.85. The summed E-state index contributed by atoms with van der Waals surface area (Å²) in [7, 11) is 0. The van der Waals surface area contributed by atoms with Crippen LogP contribution in [0.15, 0.2) is 97.1 Å². The molecule has 0 nitrogen and oxygen atoms in total. The summed E-state index contributed by atoms with van der Waals surface area (Å²) >= 11 is -2.87. The molecule has 0 spiro atoms. The molecule has 30 heavy (non-hydrogen) atoms. The molecule has 4 rings (SSSR count). The smallest absolute Gasteiger partial charge is 1.00 e. The molecule has 0 aliphatic rings. The van der Waals surface area contributed by atoms with Gasteiger partial charge in [-0.3, -0.25) is 0 Å². The summed E-state index contributed by atoms with van der Waals surface area (Å²) in [5.41, 5.74) is 5.22. The molecule has 4 aromatic carbocycles. The Labute approximate surface area is 194 Å². The number of hydrogen-bond acceptors (Lipinski definition) is 0. The van der Waals surface area contributed by atoms with Crippen molar-refractivity contribution in [2.24, 2.45) is 0 Å².